The standard InChI is InChI=1S/C12H11IN2O4/c1-18-9-5-6(3-7(13)10(9)19-2)4-8-11(16)15-12(17)14-8/h3-5H,1-2H3,(H2,14,15,16,17). The number of ether oxygens (including phenoxy) is 2. The predicted molar refractivity (Wildman–Crippen MR) is 76.9 cm³/mol. The van der Waals surface area contributed by atoms with Gasteiger partial charge in [0.1, 0.15) is 5.70 Å². The van der Waals surface area contributed by atoms with Crippen LogP contribution in [0.15, 0.2) is 17.8 Å². The number of halogens is 1. The number of imide groups is 1. The van der Waals surface area contributed by atoms with E-state index in [1.165, 1.54) is 7.11 Å². The van der Waals surface area contributed by atoms with Gasteiger partial charge >= 0.3 is 6.03 Å². The van der Waals surface area contributed by atoms with Gasteiger partial charge in [-0.25, -0.2) is 4.79 Å². The summed E-state index contributed by atoms with van der Waals surface area (Å²) in [6.45, 7) is 0. The van der Waals surface area contributed by atoms with Crippen LogP contribution in [0.5, 0.6) is 11.5 Å². The summed E-state index contributed by atoms with van der Waals surface area (Å²) in [5, 5.41) is 4.56. The van der Waals surface area contributed by atoms with Crippen LogP contribution in [0.4, 0.5) is 4.79 Å². The van der Waals surface area contributed by atoms with Crippen molar-refractivity contribution >= 4 is 40.6 Å². The first-order valence-electron chi connectivity index (χ1n) is 5.30. The minimum Gasteiger partial charge on any atom is -0.493 e. The van der Waals surface area contributed by atoms with Gasteiger partial charge in [0.15, 0.2) is 11.5 Å². The van der Waals surface area contributed by atoms with Crippen molar-refractivity contribution in [2.75, 3.05) is 14.2 Å². The fourth-order valence-electron chi connectivity index (χ4n) is 1.67. The first kappa shape index (κ1) is 13.7. The highest BCUT2D eigenvalue weighted by Crippen LogP contribution is 2.34. The van der Waals surface area contributed by atoms with Gasteiger partial charge in [0.05, 0.1) is 17.8 Å². The van der Waals surface area contributed by atoms with E-state index in [1.54, 1.807) is 19.3 Å². The lowest BCUT2D eigenvalue weighted by atomic mass is 10.1. The van der Waals surface area contributed by atoms with E-state index >= 15 is 0 Å². The zero-order valence-corrected chi connectivity index (χ0v) is 12.4. The third kappa shape index (κ3) is 2.80. The van der Waals surface area contributed by atoms with Crippen LogP contribution in [-0.4, -0.2) is 26.2 Å². The molecule has 0 atom stereocenters. The summed E-state index contributed by atoms with van der Waals surface area (Å²) in [6, 6.07) is 3.03. The van der Waals surface area contributed by atoms with Crippen LogP contribution < -0.4 is 20.1 Å². The van der Waals surface area contributed by atoms with Gasteiger partial charge in [-0.2, -0.15) is 0 Å². The van der Waals surface area contributed by atoms with Crippen molar-refractivity contribution in [2.45, 2.75) is 0 Å². The van der Waals surface area contributed by atoms with Gasteiger partial charge in [0.25, 0.3) is 5.91 Å². The Morgan fingerprint density at radius 2 is 1.89 bits per heavy atom. The molecule has 0 radical (unpaired) electrons. The average molecular weight is 374 g/mol. The number of carbonyl (C=O) groups excluding carboxylic acids is 2. The van der Waals surface area contributed by atoms with E-state index < -0.39 is 11.9 Å². The van der Waals surface area contributed by atoms with Crippen molar-refractivity contribution in [2.24, 2.45) is 0 Å². The number of rotatable bonds is 3. The lowest BCUT2D eigenvalue weighted by molar-refractivity contribution is -0.115. The fraction of sp³-hybridized carbons (Fsp3) is 0.167. The van der Waals surface area contributed by atoms with Crippen molar-refractivity contribution in [1.82, 2.24) is 10.6 Å². The van der Waals surface area contributed by atoms with E-state index in [9.17, 15) is 9.59 Å². The van der Waals surface area contributed by atoms with Crippen LogP contribution in [0.25, 0.3) is 6.08 Å². The molecular weight excluding hydrogens is 363 g/mol. The lowest BCUT2D eigenvalue weighted by Crippen LogP contribution is -2.22. The number of urea groups is 1. The molecule has 100 valence electrons. The number of nitrogens with one attached hydrogen (secondary N) is 2. The predicted octanol–water partition coefficient (Wildman–Crippen LogP) is 1.49. The molecule has 1 aliphatic heterocycles. The maximum Gasteiger partial charge on any atom is 0.326 e. The smallest absolute Gasteiger partial charge is 0.326 e. The van der Waals surface area contributed by atoms with E-state index in [4.69, 9.17) is 9.47 Å². The Labute approximate surface area is 123 Å². The SMILES string of the molecule is COc1cc(C=C2NC(=O)NC2=O)cc(I)c1OC. The molecule has 0 spiro atoms. The first-order valence-corrected chi connectivity index (χ1v) is 6.38. The van der Waals surface area contributed by atoms with Gasteiger partial charge in [0, 0.05) is 0 Å². The van der Waals surface area contributed by atoms with Crippen LogP contribution in [-0.2, 0) is 4.79 Å². The van der Waals surface area contributed by atoms with Crippen LogP contribution >= 0.6 is 22.6 Å². The summed E-state index contributed by atoms with van der Waals surface area (Å²) in [5.74, 6) is 0.742. The molecule has 0 saturated carbocycles. The van der Waals surface area contributed by atoms with Crippen LogP contribution in [0.3, 0.4) is 0 Å². The monoisotopic (exact) mass is 374 g/mol. The maximum atomic E-state index is 11.4. The number of methoxy groups -OCH3 is 2. The average Bonchev–Trinajstić information content (AvgIpc) is 2.67. The van der Waals surface area contributed by atoms with Gasteiger partial charge in [-0.3, -0.25) is 10.1 Å². The van der Waals surface area contributed by atoms with E-state index in [0.717, 1.165) is 9.13 Å². The third-order valence-electron chi connectivity index (χ3n) is 2.49. The van der Waals surface area contributed by atoms with Crippen LogP contribution in [0, 0.1) is 3.57 Å². The Morgan fingerprint density at radius 1 is 1.16 bits per heavy atom. The second kappa shape index (κ2) is 5.47. The van der Waals surface area contributed by atoms with E-state index in [2.05, 4.69) is 33.2 Å². The molecule has 1 aliphatic rings. The zero-order valence-electron chi connectivity index (χ0n) is 10.2. The van der Waals surface area contributed by atoms with Crippen LogP contribution in [0.1, 0.15) is 5.56 Å². The molecule has 1 aromatic carbocycles. The third-order valence-corrected chi connectivity index (χ3v) is 3.29. The summed E-state index contributed by atoms with van der Waals surface area (Å²) < 4.78 is 11.3. The molecule has 1 fully saturated rings. The molecule has 3 amide bonds. The van der Waals surface area contributed by atoms with Gasteiger partial charge in [0.2, 0.25) is 0 Å². The molecule has 2 rings (SSSR count). The molecule has 0 aromatic heterocycles. The Balaban J connectivity index is 2.42. The van der Waals surface area contributed by atoms with Crippen molar-refractivity contribution in [3.05, 3.63) is 27.0 Å². The highest BCUT2D eigenvalue weighted by atomic mass is 127. The highest BCUT2D eigenvalue weighted by Gasteiger charge is 2.23. The van der Waals surface area contributed by atoms with Crippen molar-refractivity contribution in [3.63, 3.8) is 0 Å². The Morgan fingerprint density at radius 3 is 2.42 bits per heavy atom. The minimum absolute atomic E-state index is 0.202. The lowest BCUT2D eigenvalue weighted by Gasteiger charge is -2.10. The molecule has 1 aromatic rings. The minimum atomic E-state index is -0.522. The molecule has 7 heteroatoms. The Hall–Kier alpha value is -1.77. The summed E-state index contributed by atoms with van der Waals surface area (Å²) in [5.41, 5.74) is 0.933. The number of carbonyl (C=O) groups is 2. The van der Waals surface area contributed by atoms with Gasteiger partial charge in [-0.15, -0.1) is 0 Å². The number of hydrogen-bond donors (Lipinski definition) is 2. The quantitative estimate of drug-likeness (QED) is 0.478. The number of hydrogen-bond acceptors (Lipinski definition) is 4. The molecule has 1 saturated heterocycles. The van der Waals surface area contributed by atoms with E-state index in [-0.39, 0.29) is 5.70 Å². The largest absolute Gasteiger partial charge is 0.493 e. The maximum absolute atomic E-state index is 11.4. The second-order valence-electron chi connectivity index (χ2n) is 3.70. The summed E-state index contributed by atoms with van der Waals surface area (Å²) in [4.78, 5) is 22.4. The second-order valence-corrected chi connectivity index (χ2v) is 4.87. The molecule has 0 unspecified atom stereocenters. The normalized spacial score (nSPS) is 16.3. The van der Waals surface area contributed by atoms with E-state index in [0.29, 0.717) is 11.5 Å². The topological polar surface area (TPSA) is 76.7 Å². The number of benzene rings is 1. The summed E-state index contributed by atoms with van der Waals surface area (Å²) in [6.07, 6.45) is 1.57. The van der Waals surface area contributed by atoms with Crippen molar-refractivity contribution in [3.8, 4) is 11.5 Å². The van der Waals surface area contributed by atoms with Crippen LogP contribution in [0.2, 0.25) is 0 Å². The van der Waals surface area contributed by atoms with Gasteiger partial charge < -0.3 is 14.8 Å². The van der Waals surface area contributed by atoms with Gasteiger partial charge in [-0.05, 0) is 46.4 Å². The van der Waals surface area contributed by atoms with Crippen molar-refractivity contribution in [1.29, 1.82) is 0 Å². The van der Waals surface area contributed by atoms with Crippen molar-refractivity contribution < 1.29 is 19.1 Å². The molecule has 0 aliphatic carbocycles. The Kier molecular flexibility index (Phi) is 3.93. The molecule has 6 nitrogen and oxygen atoms in total. The number of amides is 3. The summed E-state index contributed by atoms with van der Waals surface area (Å²) in [7, 11) is 3.09. The molecule has 19 heavy (non-hydrogen) atoms. The van der Waals surface area contributed by atoms with E-state index in [1.807, 2.05) is 6.07 Å². The highest BCUT2D eigenvalue weighted by molar-refractivity contribution is 14.1. The Bertz CT molecular complexity index is 583. The fourth-order valence-corrected chi connectivity index (χ4v) is 2.52. The zero-order chi connectivity index (χ0) is 14.0. The molecule has 1 heterocycles. The molecule has 0 bridgehead atoms. The first-order chi connectivity index (χ1) is 9.05. The summed E-state index contributed by atoms with van der Waals surface area (Å²) >= 11 is 2.11. The molecular formula is C12H11IN2O4. The molecule has 2 N–H and O–H groups in total. The van der Waals surface area contributed by atoms with Gasteiger partial charge in [-0.1, -0.05) is 0 Å².